The van der Waals surface area contributed by atoms with Gasteiger partial charge < -0.3 is 9.30 Å². The zero-order valence-electron chi connectivity index (χ0n) is 19.6. The molecule has 0 fully saturated rings. The van der Waals surface area contributed by atoms with Gasteiger partial charge in [-0.1, -0.05) is 13.8 Å². The van der Waals surface area contributed by atoms with E-state index in [1.807, 2.05) is 26.0 Å². The first-order valence-corrected chi connectivity index (χ1v) is 8.71. The van der Waals surface area contributed by atoms with Crippen LogP contribution >= 0.6 is 0 Å². The number of methoxy groups -OCH3 is 1. The van der Waals surface area contributed by atoms with Crippen LogP contribution in [0.4, 0.5) is 4.39 Å². The molecule has 2 aromatic carbocycles. The average Bonchev–Trinajstić information content (AvgIpc) is 3.35. The lowest BCUT2D eigenvalue weighted by Gasteiger charge is -2.14. The van der Waals surface area contributed by atoms with Crippen molar-refractivity contribution in [1.82, 2.24) is 14.8 Å². The molecule has 2 aromatic heterocycles. The maximum absolute atomic E-state index is 14.2. The fourth-order valence-corrected chi connectivity index (χ4v) is 3.38. The number of esters is 1. The number of hydrogen-bond acceptors (Lipinski definition) is 3. The van der Waals surface area contributed by atoms with E-state index in [-0.39, 0.29) is 11.6 Å². The summed E-state index contributed by atoms with van der Waals surface area (Å²) in [4.78, 5) is 11.8. The molecule has 6 heteroatoms. The molecule has 0 radical (unpaired) electrons. The summed E-state index contributed by atoms with van der Waals surface area (Å²) in [6.45, 7) is 3.82. The van der Waals surface area contributed by atoms with Gasteiger partial charge in [-0.05, 0) is 48.3 Å². The second-order valence-electron chi connectivity index (χ2n) is 6.63. The van der Waals surface area contributed by atoms with Crippen LogP contribution < -0.4 is 0 Å². The predicted molar refractivity (Wildman–Crippen MR) is 108 cm³/mol. The molecule has 0 aliphatic heterocycles. The number of H-pyrrole nitrogens is 1. The monoisotopic (exact) mass is 381 g/mol. The lowest BCUT2D eigenvalue weighted by molar-refractivity contribution is -0.134. The van der Waals surface area contributed by atoms with Crippen molar-refractivity contribution in [1.29, 1.82) is 0 Å². The van der Waals surface area contributed by atoms with Gasteiger partial charge in [-0.2, -0.15) is 5.10 Å². The average molecular weight is 381 g/mol. The van der Waals surface area contributed by atoms with Gasteiger partial charge in [-0.15, -0.1) is 0 Å². The first-order valence-electron chi connectivity index (χ1n) is 10.7. The Hall–Kier alpha value is -3.41. The fraction of sp³-hybridized carbons (Fsp3) is 0.182. The Kier molecular flexibility index (Phi) is 3.41. The van der Waals surface area contributed by atoms with Gasteiger partial charge in [-0.25, -0.2) is 9.18 Å². The summed E-state index contributed by atoms with van der Waals surface area (Å²) < 4.78 is 53.3. The molecule has 0 saturated carbocycles. The first kappa shape index (κ1) is 13.7. The molecule has 0 aliphatic carbocycles. The van der Waals surface area contributed by atoms with Gasteiger partial charge in [0.2, 0.25) is 0 Å². The van der Waals surface area contributed by atoms with Gasteiger partial charge in [0.25, 0.3) is 0 Å². The topological polar surface area (TPSA) is 59.9 Å². The highest BCUT2D eigenvalue weighted by atomic mass is 19.1. The number of benzene rings is 2. The van der Waals surface area contributed by atoms with Crippen LogP contribution in [0.3, 0.4) is 0 Å². The molecule has 2 heterocycles. The fourth-order valence-electron chi connectivity index (χ4n) is 3.38. The number of carbonyl (C=O) groups excluding carboxylic acids is 1. The van der Waals surface area contributed by atoms with E-state index in [0.29, 0.717) is 22.2 Å². The Morgan fingerprint density at radius 2 is 2.07 bits per heavy atom. The number of rotatable bonds is 4. The number of aromatic amines is 1. The lowest BCUT2D eigenvalue weighted by Crippen LogP contribution is -2.03. The van der Waals surface area contributed by atoms with Crippen molar-refractivity contribution in [2.45, 2.75) is 19.8 Å². The Labute approximate surface area is 167 Å². The van der Waals surface area contributed by atoms with Gasteiger partial charge >= 0.3 is 5.97 Å². The van der Waals surface area contributed by atoms with Crippen molar-refractivity contribution in [2.75, 3.05) is 7.11 Å². The summed E-state index contributed by atoms with van der Waals surface area (Å²) >= 11 is 0. The highest BCUT2D eigenvalue weighted by Gasteiger charge is 2.20. The number of carbonyl (C=O) groups is 1. The summed E-state index contributed by atoms with van der Waals surface area (Å²) in [5.74, 6) is -1.90. The normalized spacial score (nSPS) is 13.9. The van der Waals surface area contributed by atoms with E-state index in [2.05, 4.69) is 10.2 Å². The van der Waals surface area contributed by atoms with Crippen LogP contribution in [0.5, 0.6) is 0 Å². The van der Waals surface area contributed by atoms with Gasteiger partial charge in [0.1, 0.15) is 5.82 Å². The Morgan fingerprint density at radius 3 is 2.75 bits per heavy atom. The molecular weight excluding hydrogens is 357 g/mol. The van der Waals surface area contributed by atoms with Crippen LogP contribution in [0.1, 0.15) is 36.5 Å². The van der Waals surface area contributed by atoms with Gasteiger partial charge in [0.15, 0.2) is 0 Å². The largest absolute Gasteiger partial charge is 0.466 e. The molecule has 0 unspecified atom stereocenters. The van der Waals surface area contributed by atoms with E-state index >= 15 is 0 Å². The second kappa shape index (κ2) is 6.96. The lowest BCUT2D eigenvalue weighted by atomic mass is 10.0. The van der Waals surface area contributed by atoms with Gasteiger partial charge in [0.05, 0.1) is 29.8 Å². The number of nitrogens with one attached hydrogen (secondary N) is 1. The molecular formula is C22H20FN3O2. The number of fused-ring (bicyclic) bond motifs is 2. The number of hydrogen-bond donors (Lipinski definition) is 1. The standard InChI is InChI=1S/C22H20FN3O2/c1-13(2)22-17(8-9-21(27)28-3)18-11-19-14(12-24-25-19)10-20(18)26(22)16-6-4-15(23)5-7-16/h4-13H,1-3H3,(H,24,25)/b9-8+/i4D,5D,6D,7D. The second-order valence-corrected chi connectivity index (χ2v) is 6.63. The Balaban J connectivity index is 2.22. The van der Waals surface area contributed by atoms with E-state index in [1.165, 1.54) is 13.2 Å². The van der Waals surface area contributed by atoms with E-state index in [4.69, 9.17) is 10.2 Å². The highest BCUT2D eigenvalue weighted by molar-refractivity contribution is 6.02. The third kappa shape index (κ3) is 2.97. The van der Waals surface area contributed by atoms with E-state index in [1.54, 1.807) is 16.8 Å². The zero-order valence-corrected chi connectivity index (χ0v) is 15.6. The van der Waals surface area contributed by atoms with E-state index in [0.717, 1.165) is 10.9 Å². The van der Waals surface area contributed by atoms with E-state index < -0.39 is 36.0 Å². The minimum atomic E-state index is -1.20. The minimum absolute atomic E-state index is 0.0596. The molecule has 1 N–H and O–H groups in total. The SMILES string of the molecule is [2H]c1c([2H])c(-n2c(C(C)C)c(/C=C/C(=O)OC)c3cc4[nH]ncc4cc32)c([2H])c([2H])c1F. The van der Waals surface area contributed by atoms with Crippen LogP contribution in [-0.2, 0) is 9.53 Å². The number of aromatic nitrogens is 3. The minimum Gasteiger partial charge on any atom is -0.466 e. The molecule has 4 aromatic rings. The van der Waals surface area contributed by atoms with Gasteiger partial charge in [-0.3, -0.25) is 5.10 Å². The third-order valence-electron chi connectivity index (χ3n) is 4.54. The summed E-state index contributed by atoms with van der Waals surface area (Å²) in [6.07, 6.45) is 4.51. The summed E-state index contributed by atoms with van der Waals surface area (Å²) in [7, 11) is 1.27. The molecule has 4 rings (SSSR count). The molecule has 0 amide bonds. The molecule has 5 nitrogen and oxygen atoms in total. The van der Waals surface area contributed by atoms with Crippen LogP contribution in [0.25, 0.3) is 33.6 Å². The number of nitrogens with zero attached hydrogens (tertiary/aromatic N) is 2. The molecule has 0 spiro atoms. The highest BCUT2D eigenvalue weighted by Crippen LogP contribution is 2.36. The molecule has 0 saturated heterocycles. The van der Waals surface area contributed by atoms with Crippen molar-refractivity contribution in [3.05, 3.63) is 65.6 Å². The molecule has 0 atom stereocenters. The Morgan fingerprint density at radius 1 is 1.32 bits per heavy atom. The molecule has 0 aliphatic rings. The Bertz CT molecular complexity index is 1390. The molecule has 142 valence electrons. The van der Waals surface area contributed by atoms with Crippen molar-refractivity contribution in [3.63, 3.8) is 0 Å². The quantitative estimate of drug-likeness (QED) is 0.402. The maximum atomic E-state index is 14.2. The third-order valence-corrected chi connectivity index (χ3v) is 4.54. The summed E-state index contributed by atoms with van der Waals surface area (Å²) in [6, 6.07) is 1.19. The smallest absolute Gasteiger partial charge is 0.330 e. The summed E-state index contributed by atoms with van der Waals surface area (Å²) in [5.41, 5.74) is 2.57. The van der Waals surface area contributed by atoms with Crippen LogP contribution in [-0.4, -0.2) is 27.8 Å². The zero-order chi connectivity index (χ0) is 23.3. The van der Waals surface area contributed by atoms with E-state index in [9.17, 15) is 9.18 Å². The predicted octanol–water partition coefficient (Wildman–Crippen LogP) is 4.96. The number of ether oxygens (including phenoxy) is 1. The molecule has 0 bridgehead atoms. The maximum Gasteiger partial charge on any atom is 0.330 e. The molecule has 28 heavy (non-hydrogen) atoms. The van der Waals surface area contributed by atoms with Crippen molar-refractivity contribution >= 4 is 33.9 Å². The van der Waals surface area contributed by atoms with Crippen molar-refractivity contribution in [2.24, 2.45) is 0 Å². The van der Waals surface area contributed by atoms with Crippen LogP contribution in [0.2, 0.25) is 0 Å². The summed E-state index contributed by atoms with van der Waals surface area (Å²) in [5, 5.41) is 8.42. The van der Waals surface area contributed by atoms with Crippen molar-refractivity contribution < 1.29 is 19.4 Å². The van der Waals surface area contributed by atoms with Crippen LogP contribution in [0, 0.1) is 5.82 Å². The van der Waals surface area contributed by atoms with Gasteiger partial charge in [0, 0.05) is 33.8 Å². The number of halogens is 1. The first-order chi connectivity index (χ1) is 15.2. The van der Waals surface area contributed by atoms with Crippen LogP contribution in [0.15, 0.2) is 48.6 Å². The van der Waals surface area contributed by atoms with Crippen molar-refractivity contribution in [3.8, 4) is 5.69 Å².